The summed E-state index contributed by atoms with van der Waals surface area (Å²) in [6, 6.07) is 0.779. The molecule has 14 heavy (non-hydrogen) atoms. The molecular weight excluding hydrogens is 176 g/mol. The second-order valence-electron chi connectivity index (χ2n) is 4.53. The van der Waals surface area contributed by atoms with Crippen molar-refractivity contribution < 1.29 is 4.79 Å². The van der Waals surface area contributed by atoms with Gasteiger partial charge >= 0.3 is 0 Å². The molecule has 0 bridgehead atoms. The summed E-state index contributed by atoms with van der Waals surface area (Å²) >= 11 is 0. The first-order chi connectivity index (χ1) is 6.68. The van der Waals surface area contributed by atoms with Crippen LogP contribution in [0.3, 0.4) is 0 Å². The molecule has 2 N–H and O–H groups in total. The van der Waals surface area contributed by atoms with Gasteiger partial charge in [-0.3, -0.25) is 4.79 Å². The lowest BCUT2D eigenvalue weighted by molar-refractivity contribution is -0.121. The first kappa shape index (κ1) is 11.5. The first-order valence-electron chi connectivity index (χ1n) is 5.68. The highest BCUT2D eigenvalue weighted by molar-refractivity contribution is 5.75. The number of hydrogen-bond donors (Lipinski definition) is 2. The summed E-state index contributed by atoms with van der Waals surface area (Å²) < 4.78 is 0. The molecule has 1 aliphatic rings. The van der Waals surface area contributed by atoms with Crippen LogP contribution in [0, 0.1) is 5.92 Å². The second-order valence-corrected chi connectivity index (χ2v) is 4.53. The molecule has 0 spiro atoms. The normalized spacial score (nSPS) is 15.9. The van der Waals surface area contributed by atoms with E-state index in [1.54, 1.807) is 0 Å². The molecule has 3 nitrogen and oxygen atoms in total. The van der Waals surface area contributed by atoms with Crippen molar-refractivity contribution in [3.63, 3.8) is 0 Å². The van der Waals surface area contributed by atoms with Crippen LogP contribution >= 0.6 is 0 Å². The minimum Gasteiger partial charge on any atom is -0.356 e. The third-order valence-electron chi connectivity index (χ3n) is 2.28. The standard InChI is InChI=1S/C11H22N2O/c1-9(2)8-11(14)13-7-3-6-12-10-4-5-10/h9-10,12H,3-8H2,1-2H3,(H,13,14). The van der Waals surface area contributed by atoms with Gasteiger partial charge in [0.15, 0.2) is 0 Å². The fourth-order valence-corrected chi connectivity index (χ4v) is 1.35. The summed E-state index contributed by atoms with van der Waals surface area (Å²) in [5.74, 6) is 0.644. The number of rotatable bonds is 7. The molecule has 1 rings (SSSR count). The summed E-state index contributed by atoms with van der Waals surface area (Å²) in [6.45, 7) is 5.97. The highest BCUT2D eigenvalue weighted by Crippen LogP contribution is 2.18. The SMILES string of the molecule is CC(C)CC(=O)NCCCNC1CC1. The predicted molar refractivity (Wildman–Crippen MR) is 58.1 cm³/mol. The summed E-state index contributed by atoms with van der Waals surface area (Å²) in [4.78, 5) is 11.2. The molecule has 0 aromatic rings. The second kappa shape index (κ2) is 6.02. The van der Waals surface area contributed by atoms with Crippen molar-refractivity contribution in [2.75, 3.05) is 13.1 Å². The molecule has 1 saturated carbocycles. The van der Waals surface area contributed by atoms with Gasteiger partial charge in [0, 0.05) is 19.0 Å². The summed E-state index contributed by atoms with van der Waals surface area (Å²) in [7, 11) is 0. The van der Waals surface area contributed by atoms with E-state index < -0.39 is 0 Å². The molecule has 0 unspecified atom stereocenters. The van der Waals surface area contributed by atoms with Crippen molar-refractivity contribution in [1.82, 2.24) is 10.6 Å². The van der Waals surface area contributed by atoms with E-state index in [2.05, 4.69) is 24.5 Å². The number of amides is 1. The van der Waals surface area contributed by atoms with E-state index in [1.807, 2.05) is 0 Å². The van der Waals surface area contributed by atoms with Gasteiger partial charge in [-0.25, -0.2) is 0 Å². The molecule has 3 heteroatoms. The maximum absolute atomic E-state index is 11.2. The van der Waals surface area contributed by atoms with E-state index in [0.29, 0.717) is 12.3 Å². The Morgan fingerprint density at radius 3 is 2.64 bits per heavy atom. The summed E-state index contributed by atoms with van der Waals surface area (Å²) in [5.41, 5.74) is 0. The average Bonchev–Trinajstić information content (AvgIpc) is 2.86. The Bertz CT molecular complexity index is 176. The average molecular weight is 198 g/mol. The quantitative estimate of drug-likeness (QED) is 0.605. The van der Waals surface area contributed by atoms with Crippen LogP contribution in [0.15, 0.2) is 0 Å². The number of carbonyl (C=O) groups is 1. The fourth-order valence-electron chi connectivity index (χ4n) is 1.35. The summed E-state index contributed by atoms with van der Waals surface area (Å²) in [6.07, 6.45) is 4.36. The van der Waals surface area contributed by atoms with Crippen LogP contribution in [-0.2, 0) is 4.79 Å². The number of hydrogen-bond acceptors (Lipinski definition) is 2. The van der Waals surface area contributed by atoms with Gasteiger partial charge in [0.05, 0.1) is 0 Å². The van der Waals surface area contributed by atoms with Crippen molar-refractivity contribution in [1.29, 1.82) is 0 Å². The molecule has 82 valence electrons. The molecule has 0 aromatic heterocycles. The van der Waals surface area contributed by atoms with Crippen LogP contribution < -0.4 is 10.6 Å². The van der Waals surface area contributed by atoms with Gasteiger partial charge in [-0.15, -0.1) is 0 Å². The minimum absolute atomic E-state index is 0.187. The monoisotopic (exact) mass is 198 g/mol. The van der Waals surface area contributed by atoms with Crippen molar-refractivity contribution in [2.45, 2.75) is 45.6 Å². The van der Waals surface area contributed by atoms with E-state index >= 15 is 0 Å². The van der Waals surface area contributed by atoms with Gasteiger partial charge in [-0.1, -0.05) is 13.8 Å². The van der Waals surface area contributed by atoms with Gasteiger partial charge in [-0.05, 0) is 31.7 Å². The van der Waals surface area contributed by atoms with Crippen molar-refractivity contribution in [3.05, 3.63) is 0 Å². The largest absolute Gasteiger partial charge is 0.356 e. The first-order valence-corrected chi connectivity index (χ1v) is 5.68. The zero-order valence-corrected chi connectivity index (χ0v) is 9.31. The maximum Gasteiger partial charge on any atom is 0.220 e. The molecule has 1 fully saturated rings. The third-order valence-corrected chi connectivity index (χ3v) is 2.28. The highest BCUT2D eigenvalue weighted by atomic mass is 16.1. The zero-order valence-electron chi connectivity index (χ0n) is 9.31. The van der Waals surface area contributed by atoms with Crippen LogP contribution in [0.5, 0.6) is 0 Å². The molecule has 0 aromatic carbocycles. The minimum atomic E-state index is 0.187. The highest BCUT2D eigenvalue weighted by Gasteiger charge is 2.19. The van der Waals surface area contributed by atoms with Crippen molar-refractivity contribution in [2.24, 2.45) is 5.92 Å². The molecule has 1 aliphatic carbocycles. The van der Waals surface area contributed by atoms with Crippen LogP contribution in [0.25, 0.3) is 0 Å². The van der Waals surface area contributed by atoms with E-state index in [-0.39, 0.29) is 5.91 Å². The van der Waals surface area contributed by atoms with Crippen LogP contribution in [0.1, 0.15) is 39.5 Å². The Hall–Kier alpha value is -0.570. The Morgan fingerprint density at radius 1 is 1.36 bits per heavy atom. The van der Waals surface area contributed by atoms with Gasteiger partial charge in [-0.2, -0.15) is 0 Å². The molecular formula is C11H22N2O. The Labute approximate surface area is 86.6 Å². The van der Waals surface area contributed by atoms with Crippen molar-refractivity contribution in [3.8, 4) is 0 Å². The van der Waals surface area contributed by atoms with Crippen LogP contribution in [0.2, 0.25) is 0 Å². The number of carbonyl (C=O) groups excluding carboxylic acids is 1. The van der Waals surface area contributed by atoms with E-state index in [1.165, 1.54) is 12.8 Å². The van der Waals surface area contributed by atoms with Crippen molar-refractivity contribution >= 4 is 5.91 Å². The van der Waals surface area contributed by atoms with E-state index in [9.17, 15) is 4.79 Å². The Morgan fingerprint density at radius 2 is 2.07 bits per heavy atom. The van der Waals surface area contributed by atoms with Gasteiger partial charge in [0.1, 0.15) is 0 Å². The fraction of sp³-hybridized carbons (Fsp3) is 0.909. The molecule has 0 atom stereocenters. The predicted octanol–water partition coefficient (Wildman–Crippen LogP) is 1.29. The van der Waals surface area contributed by atoms with E-state index in [4.69, 9.17) is 0 Å². The van der Waals surface area contributed by atoms with Crippen LogP contribution in [0.4, 0.5) is 0 Å². The lowest BCUT2D eigenvalue weighted by Gasteiger charge is -2.07. The molecule has 0 saturated heterocycles. The smallest absolute Gasteiger partial charge is 0.220 e. The zero-order chi connectivity index (χ0) is 10.4. The Kier molecular flexibility index (Phi) is 4.94. The van der Waals surface area contributed by atoms with Crippen LogP contribution in [-0.4, -0.2) is 25.0 Å². The summed E-state index contributed by atoms with van der Waals surface area (Å²) in [5, 5.41) is 6.35. The number of nitrogens with one attached hydrogen (secondary N) is 2. The van der Waals surface area contributed by atoms with Gasteiger partial charge < -0.3 is 10.6 Å². The van der Waals surface area contributed by atoms with E-state index in [0.717, 1.165) is 25.6 Å². The molecule has 1 amide bonds. The lowest BCUT2D eigenvalue weighted by Crippen LogP contribution is -2.28. The Balaban J connectivity index is 1.84. The molecule has 0 aliphatic heterocycles. The van der Waals surface area contributed by atoms with Gasteiger partial charge in [0.2, 0.25) is 5.91 Å². The maximum atomic E-state index is 11.2. The topological polar surface area (TPSA) is 41.1 Å². The van der Waals surface area contributed by atoms with Gasteiger partial charge in [0.25, 0.3) is 0 Å². The molecule has 0 heterocycles. The third kappa shape index (κ3) is 5.97. The molecule has 0 radical (unpaired) electrons. The lowest BCUT2D eigenvalue weighted by atomic mass is 10.1.